The number of ether oxygens (including phenoxy) is 2. The lowest BCUT2D eigenvalue weighted by Gasteiger charge is -2.38. The normalized spacial score (nSPS) is 32.8. The molecule has 0 aromatic heterocycles. The summed E-state index contributed by atoms with van der Waals surface area (Å²) in [5.74, 6) is -3.03. The second-order valence-corrected chi connectivity index (χ2v) is 7.75. The van der Waals surface area contributed by atoms with E-state index >= 15 is 0 Å². The van der Waals surface area contributed by atoms with Gasteiger partial charge in [0.2, 0.25) is 5.91 Å². The van der Waals surface area contributed by atoms with Gasteiger partial charge in [-0.1, -0.05) is 34.1 Å². The molecule has 0 aromatic rings. The molecule has 2 fully saturated rings. The summed E-state index contributed by atoms with van der Waals surface area (Å²) in [6.45, 7) is 7.79. The van der Waals surface area contributed by atoms with Crippen LogP contribution in [0.3, 0.4) is 0 Å². The zero-order valence-corrected chi connectivity index (χ0v) is 15.0. The van der Waals surface area contributed by atoms with E-state index in [0.717, 1.165) is 6.42 Å². The van der Waals surface area contributed by atoms with Crippen LogP contribution in [0.25, 0.3) is 0 Å². The second kappa shape index (κ2) is 6.35. The maximum absolute atomic E-state index is 13.1. The SMILES string of the molecule is CCC[C@H]1[C@@H](CC(=O)O)C(=O)N2[C@@H](C(C)(C)C)OC[C@]12C(=O)OC. The summed E-state index contributed by atoms with van der Waals surface area (Å²) in [6.07, 6.45) is 0.439. The second-order valence-electron chi connectivity index (χ2n) is 7.75. The molecule has 0 saturated carbocycles. The van der Waals surface area contributed by atoms with Crippen LogP contribution in [0.1, 0.15) is 47.0 Å². The molecule has 1 N–H and O–H groups in total. The number of methoxy groups -OCH3 is 1. The minimum Gasteiger partial charge on any atom is -0.481 e. The predicted octanol–water partition coefficient (Wildman–Crippen LogP) is 1.65. The van der Waals surface area contributed by atoms with E-state index in [1.165, 1.54) is 12.0 Å². The Labute approximate surface area is 142 Å². The van der Waals surface area contributed by atoms with E-state index in [4.69, 9.17) is 9.47 Å². The fraction of sp³-hybridized carbons (Fsp3) is 0.824. The van der Waals surface area contributed by atoms with E-state index in [9.17, 15) is 19.5 Å². The van der Waals surface area contributed by atoms with Gasteiger partial charge in [0, 0.05) is 11.3 Å². The van der Waals surface area contributed by atoms with Gasteiger partial charge in [-0.05, 0) is 6.42 Å². The van der Waals surface area contributed by atoms with Crippen LogP contribution < -0.4 is 0 Å². The van der Waals surface area contributed by atoms with Gasteiger partial charge in [0.15, 0.2) is 5.54 Å². The molecule has 4 atom stereocenters. The highest BCUT2D eigenvalue weighted by atomic mass is 16.6. The van der Waals surface area contributed by atoms with Crippen molar-refractivity contribution in [2.75, 3.05) is 13.7 Å². The van der Waals surface area contributed by atoms with Crippen LogP contribution in [-0.4, -0.2) is 53.3 Å². The molecule has 2 rings (SSSR count). The number of amides is 1. The Balaban J connectivity index is 2.56. The minimum atomic E-state index is -1.22. The van der Waals surface area contributed by atoms with Crippen molar-refractivity contribution in [2.24, 2.45) is 17.3 Å². The number of fused-ring (bicyclic) bond motifs is 1. The van der Waals surface area contributed by atoms with Crippen LogP contribution in [0.15, 0.2) is 0 Å². The molecular weight excluding hydrogens is 314 g/mol. The quantitative estimate of drug-likeness (QED) is 0.764. The molecule has 7 heteroatoms. The van der Waals surface area contributed by atoms with Gasteiger partial charge < -0.3 is 14.6 Å². The van der Waals surface area contributed by atoms with Crippen molar-refractivity contribution < 1.29 is 29.0 Å². The van der Waals surface area contributed by atoms with E-state index in [2.05, 4.69) is 0 Å². The number of nitrogens with zero attached hydrogens (tertiary/aromatic N) is 1. The lowest BCUT2D eigenvalue weighted by Crippen LogP contribution is -2.57. The molecule has 136 valence electrons. The van der Waals surface area contributed by atoms with Crippen LogP contribution in [0.5, 0.6) is 0 Å². The fourth-order valence-electron chi connectivity index (χ4n) is 4.13. The number of hydrogen-bond acceptors (Lipinski definition) is 5. The average molecular weight is 341 g/mol. The van der Waals surface area contributed by atoms with Crippen LogP contribution in [0, 0.1) is 17.3 Å². The number of carbonyl (C=O) groups excluding carboxylic acids is 2. The van der Waals surface area contributed by atoms with Gasteiger partial charge in [-0.25, -0.2) is 4.79 Å². The molecule has 0 spiro atoms. The highest BCUT2D eigenvalue weighted by molar-refractivity contribution is 5.96. The van der Waals surface area contributed by atoms with Crippen LogP contribution in [0.4, 0.5) is 0 Å². The third-order valence-electron chi connectivity index (χ3n) is 5.05. The lowest BCUT2D eigenvalue weighted by molar-refractivity contribution is -0.159. The number of aliphatic carboxylic acids is 1. The molecule has 2 aliphatic rings. The Kier molecular flexibility index (Phi) is 4.95. The number of hydrogen-bond donors (Lipinski definition) is 1. The summed E-state index contributed by atoms with van der Waals surface area (Å²) in [6, 6.07) is 0. The van der Waals surface area contributed by atoms with E-state index < -0.39 is 41.0 Å². The highest BCUT2D eigenvalue weighted by Crippen LogP contribution is 2.52. The molecule has 24 heavy (non-hydrogen) atoms. The molecule has 0 aliphatic carbocycles. The third-order valence-corrected chi connectivity index (χ3v) is 5.05. The van der Waals surface area contributed by atoms with Gasteiger partial charge in [0.1, 0.15) is 6.23 Å². The summed E-state index contributed by atoms with van der Waals surface area (Å²) in [7, 11) is 1.29. The van der Waals surface area contributed by atoms with Crippen molar-refractivity contribution in [3.05, 3.63) is 0 Å². The van der Waals surface area contributed by atoms with Gasteiger partial charge in [-0.3, -0.25) is 14.5 Å². The van der Waals surface area contributed by atoms with E-state index in [1.54, 1.807) is 0 Å². The van der Waals surface area contributed by atoms with E-state index in [-0.39, 0.29) is 18.9 Å². The van der Waals surface area contributed by atoms with Gasteiger partial charge in [0.25, 0.3) is 0 Å². The molecule has 0 unspecified atom stereocenters. The molecular formula is C17H27NO6. The van der Waals surface area contributed by atoms with Crippen LogP contribution >= 0.6 is 0 Å². The zero-order valence-electron chi connectivity index (χ0n) is 15.0. The van der Waals surface area contributed by atoms with Crippen molar-refractivity contribution in [3.8, 4) is 0 Å². The predicted molar refractivity (Wildman–Crippen MR) is 84.9 cm³/mol. The molecule has 0 bridgehead atoms. The third kappa shape index (κ3) is 2.68. The Hall–Kier alpha value is -1.63. The minimum absolute atomic E-state index is 0.0497. The van der Waals surface area contributed by atoms with Crippen molar-refractivity contribution >= 4 is 17.8 Å². The molecule has 0 radical (unpaired) electrons. The largest absolute Gasteiger partial charge is 0.481 e. The first-order valence-electron chi connectivity index (χ1n) is 8.36. The van der Waals surface area contributed by atoms with Gasteiger partial charge in [-0.15, -0.1) is 0 Å². The number of carbonyl (C=O) groups is 3. The number of carboxylic acids is 1. The molecule has 7 nitrogen and oxygen atoms in total. The topological polar surface area (TPSA) is 93.1 Å². The molecule has 2 aliphatic heterocycles. The van der Waals surface area contributed by atoms with E-state index in [1.807, 2.05) is 27.7 Å². The summed E-state index contributed by atoms with van der Waals surface area (Å²) in [4.78, 5) is 38.5. The Morgan fingerprint density at radius 2 is 2.04 bits per heavy atom. The number of rotatable bonds is 5. The average Bonchev–Trinajstić information content (AvgIpc) is 2.98. The van der Waals surface area contributed by atoms with Gasteiger partial charge in [0.05, 0.1) is 26.1 Å². The highest BCUT2D eigenvalue weighted by Gasteiger charge is 2.69. The standard InChI is InChI=1S/C17H27NO6/c1-6-7-11-10(8-12(19)20)13(21)18-14(16(2,3)4)24-9-17(11,18)15(22)23-5/h10-11,14H,6-9H2,1-5H3,(H,19,20)/t10-,11+,14-,17-/m1/s1. The number of carboxylic acid groups (broad SMARTS) is 1. The van der Waals surface area contributed by atoms with Gasteiger partial charge in [-0.2, -0.15) is 0 Å². The van der Waals surface area contributed by atoms with Crippen molar-refractivity contribution in [3.63, 3.8) is 0 Å². The summed E-state index contributed by atoms with van der Waals surface area (Å²) in [5, 5.41) is 9.23. The molecule has 0 aromatic carbocycles. The fourth-order valence-corrected chi connectivity index (χ4v) is 4.13. The van der Waals surface area contributed by atoms with Gasteiger partial charge >= 0.3 is 11.9 Å². The maximum Gasteiger partial charge on any atom is 0.334 e. The lowest BCUT2D eigenvalue weighted by atomic mass is 9.76. The molecule has 2 heterocycles. The summed E-state index contributed by atoms with van der Waals surface area (Å²) < 4.78 is 10.9. The first kappa shape index (κ1) is 18.7. The first-order valence-corrected chi connectivity index (χ1v) is 8.36. The monoisotopic (exact) mass is 341 g/mol. The summed E-state index contributed by atoms with van der Waals surface area (Å²) >= 11 is 0. The van der Waals surface area contributed by atoms with Crippen LogP contribution in [-0.2, 0) is 23.9 Å². The van der Waals surface area contributed by atoms with Crippen molar-refractivity contribution in [2.45, 2.75) is 58.7 Å². The van der Waals surface area contributed by atoms with Crippen molar-refractivity contribution in [1.29, 1.82) is 0 Å². The Morgan fingerprint density at radius 3 is 2.50 bits per heavy atom. The number of esters is 1. The zero-order chi connectivity index (χ0) is 18.3. The maximum atomic E-state index is 13.1. The Morgan fingerprint density at radius 1 is 1.42 bits per heavy atom. The molecule has 2 saturated heterocycles. The van der Waals surface area contributed by atoms with Crippen LogP contribution in [0.2, 0.25) is 0 Å². The van der Waals surface area contributed by atoms with Crippen molar-refractivity contribution in [1.82, 2.24) is 4.90 Å². The molecule has 1 amide bonds. The first-order chi connectivity index (χ1) is 11.1. The van der Waals surface area contributed by atoms with E-state index in [0.29, 0.717) is 6.42 Å². The smallest absolute Gasteiger partial charge is 0.334 e. The Bertz CT molecular complexity index is 540. The summed E-state index contributed by atoms with van der Waals surface area (Å²) in [5.41, 5.74) is -1.62.